The van der Waals surface area contributed by atoms with E-state index in [1.165, 1.54) is 18.7 Å². The maximum Gasteiger partial charge on any atom is 0.278 e. The van der Waals surface area contributed by atoms with Gasteiger partial charge in [0.25, 0.3) is 5.92 Å². The van der Waals surface area contributed by atoms with Crippen molar-refractivity contribution >= 4 is 11.8 Å². The van der Waals surface area contributed by atoms with Gasteiger partial charge in [0.05, 0.1) is 17.9 Å². The van der Waals surface area contributed by atoms with Gasteiger partial charge in [0.1, 0.15) is 23.8 Å². The maximum atomic E-state index is 13.1. The van der Waals surface area contributed by atoms with Crippen molar-refractivity contribution in [2.75, 3.05) is 17.2 Å². The van der Waals surface area contributed by atoms with Gasteiger partial charge in [-0.15, -0.1) is 0 Å². The Kier molecular flexibility index (Phi) is 7.03. The summed E-state index contributed by atoms with van der Waals surface area (Å²) >= 11 is 0. The average Bonchev–Trinajstić information content (AvgIpc) is 2.73. The fourth-order valence-corrected chi connectivity index (χ4v) is 3.57. The lowest BCUT2D eigenvalue weighted by Gasteiger charge is -2.40. The highest BCUT2D eigenvalue weighted by Crippen LogP contribution is 2.37. The smallest absolute Gasteiger partial charge is 0.278 e. The number of aromatic nitrogens is 4. The number of alkyl halides is 2. The Balaban J connectivity index is 1.70. The first kappa shape index (κ1) is 23.5. The van der Waals surface area contributed by atoms with E-state index in [2.05, 4.69) is 36.6 Å². The number of nitrogens with zero attached hydrogens (tertiary/aromatic N) is 5. The van der Waals surface area contributed by atoms with Crippen molar-refractivity contribution in [1.29, 1.82) is 5.26 Å². The number of rotatable bonds is 8. The van der Waals surface area contributed by atoms with E-state index >= 15 is 0 Å². The summed E-state index contributed by atoms with van der Waals surface area (Å²) in [5.41, 5.74) is 0.523. The van der Waals surface area contributed by atoms with Crippen molar-refractivity contribution in [2.45, 2.75) is 64.6 Å². The van der Waals surface area contributed by atoms with Gasteiger partial charge in [0, 0.05) is 25.7 Å². The number of aliphatic hydroxyl groups excluding tert-OH is 1. The predicted octanol–water partition coefficient (Wildman–Crippen LogP) is 3.14. The van der Waals surface area contributed by atoms with Crippen LogP contribution in [0.25, 0.3) is 0 Å². The summed E-state index contributed by atoms with van der Waals surface area (Å²) in [4.78, 5) is 16.4. The largest absolute Gasteiger partial charge is 0.471 e. The zero-order valence-corrected chi connectivity index (χ0v) is 18.3. The van der Waals surface area contributed by atoms with Crippen molar-refractivity contribution in [3.8, 4) is 11.9 Å². The van der Waals surface area contributed by atoms with Gasteiger partial charge < -0.3 is 20.5 Å². The molecule has 3 N–H and O–H groups in total. The lowest BCUT2D eigenvalue weighted by atomic mass is 9.73. The Labute approximate surface area is 185 Å². The molecule has 0 amide bonds. The lowest BCUT2D eigenvalue weighted by Crippen LogP contribution is -2.41. The molecule has 0 bridgehead atoms. The Morgan fingerprint density at radius 2 is 2.09 bits per heavy atom. The molecule has 2 atom stereocenters. The van der Waals surface area contributed by atoms with E-state index < -0.39 is 12.5 Å². The zero-order chi connectivity index (χ0) is 23.4. The third kappa shape index (κ3) is 6.20. The van der Waals surface area contributed by atoms with Gasteiger partial charge in [0.2, 0.25) is 11.8 Å². The lowest BCUT2D eigenvalue weighted by molar-refractivity contribution is -0.0245. The maximum absolute atomic E-state index is 13.1. The summed E-state index contributed by atoms with van der Waals surface area (Å²) in [7, 11) is 0. The molecule has 0 aliphatic heterocycles. The molecule has 1 saturated carbocycles. The van der Waals surface area contributed by atoms with E-state index in [9.17, 15) is 19.1 Å². The number of ether oxygens (including phenoxy) is 1. The summed E-state index contributed by atoms with van der Waals surface area (Å²) in [6.45, 7) is 4.13. The van der Waals surface area contributed by atoms with Crippen molar-refractivity contribution in [3.05, 3.63) is 29.8 Å². The number of aliphatic hydroxyl groups is 1. The van der Waals surface area contributed by atoms with Crippen LogP contribution >= 0.6 is 0 Å². The number of anilines is 2. The molecule has 9 nitrogen and oxygen atoms in total. The van der Waals surface area contributed by atoms with E-state index in [1.54, 1.807) is 0 Å². The van der Waals surface area contributed by atoms with Crippen LogP contribution < -0.4 is 15.4 Å². The molecule has 3 rings (SSSR count). The van der Waals surface area contributed by atoms with Crippen LogP contribution in [-0.4, -0.2) is 49.7 Å². The van der Waals surface area contributed by atoms with Gasteiger partial charge in [-0.3, -0.25) is 0 Å². The van der Waals surface area contributed by atoms with Gasteiger partial charge in [-0.2, -0.15) is 10.2 Å². The number of hydrogen-bond donors (Lipinski definition) is 3. The highest BCUT2D eigenvalue weighted by atomic mass is 19.3. The molecule has 32 heavy (non-hydrogen) atoms. The molecule has 0 radical (unpaired) electrons. The van der Waals surface area contributed by atoms with Crippen LogP contribution in [0.15, 0.2) is 18.7 Å². The van der Waals surface area contributed by atoms with Gasteiger partial charge >= 0.3 is 0 Å². The third-order valence-corrected chi connectivity index (χ3v) is 5.36. The van der Waals surface area contributed by atoms with Gasteiger partial charge in [0.15, 0.2) is 6.61 Å². The van der Waals surface area contributed by atoms with Crippen molar-refractivity contribution < 1.29 is 18.6 Å². The van der Waals surface area contributed by atoms with Crippen LogP contribution in [0.4, 0.5) is 20.5 Å². The van der Waals surface area contributed by atoms with Crippen molar-refractivity contribution in [2.24, 2.45) is 5.41 Å². The molecule has 1 aliphatic carbocycles. The monoisotopic (exact) mass is 447 g/mol. The highest BCUT2D eigenvalue weighted by molar-refractivity contribution is 5.54. The number of nitriles is 1. The minimum atomic E-state index is -2.99. The molecule has 2 aromatic heterocycles. The van der Waals surface area contributed by atoms with Gasteiger partial charge in [-0.25, -0.2) is 23.7 Å². The molecule has 0 spiro atoms. The van der Waals surface area contributed by atoms with Crippen LogP contribution in [-0.2, 0) is 6.54 Å². The van der Waals surface area contributed by atoms with Crippen molar-refractivity contribution in [1.82, 2.24) is 19.9 Å². The van der Waals surface area contributed by atoms with Gasteiger partial charge in [-0.05, 0) is 24.7 Å². The molecule has 2 aromatic rings. The van der Waals surface area contributed by atoms with Crippen LogP contribution in [0.3, 0.4) is 0 Å². The second-order valence-electron chi connectivity index (χ2n) is 8.76. The Morgan fingerprint density at radius 3 is 2.78 bits per heavy atom. The topological polar surface area (TPSA) is 129 Å². The SMILES string of the molecule is CC(F)(F)COc1ncncc1CNc1ncc(C#N)c(N[C@@H]2CCC(O)C(C)(C)C2)n1. The normalized spacial score (nSPS) is 20.3. The molecule has 2 heterocycles. The van der Waals surface area contributed by atoms with Gasteiger partial charge in [-0.1, -0.05) is 13.8 Å². The second-order valence-corrected chi connectivity index (χ2v) is 8.76. The molecule has 1 unspecified atom stereocenters. The van der Waals surface area contributed by atoms with Crippen LogP contribution in [0.1, 0.15) is 51.2 Å². The van der Waals surface area contributed by atoms with Crippen molar-refractivity contribution in [3.63, 3.8) is 0 Å². The zero-order valence-electron chi connectivity index (χ0n) is 18.3. The summed E-state index contributed by atoms with van der Waals surface area (Å²) in [5.74, 6) is -2.30. The molecular formula is C21H27F2N7O2. The van der Waals surface area contributed by atoms with E-state index in [0.717, 1.165) is 19.8 Å². The minimum absolute atomic E-state index is 0.0454. The van der Waals surface area contributed by atoms with E-state index in [0.29, 0.717) is 23.4 Å². The minimum Gasteiger partial charge on any atom is -0.471 e. The quantitative estimate of drug-likeness (QED) is 0.559. The molecular weight excluding hydrogens is 420 g/mol. The first-order valence-electron chi connectivity index (χ1n) is 10.3. The Hall–Kier alpha value is -3.13. The predicted molar refractivity (Wildman–Crippen MR) is 113 cm³/mol. The number of nitrogens with one attached hydrogen (secondary N) is 2. The summed E-state index contributed by atoms with van der Waals surface area (Å²) < 4.78 is 31.4. The van der Waals surface area contributed by atoms with E-state index in [1.807, 2.05) is 13.8 Å². The summed E-state index contributed by atoms with van der Waals surface area (Å²) in [6.07, 6.45) is 5.88. The molecule has 0 aromatic carbocycles. The molecule has 11 heteroatoms. The Morgan fingerprint density at radius 1 is 1.31 bits per heavy atom. The van der Waals surface area contributed by atoms with E-state index in [4.69, 9.17) is 4.74 Å². The van der Waals surface area contributed by atoms with Crippen LogP contribution in [0.5, 0.6) is 5.88 Å². The molecule has 172 valence electrons. The Bertz CT molecular complexity index is 975. The summed E-state index contributed by atoms with van der Waals surface area (Å²) in [5, 5.41) is 25.9. The summed E-state index contributed by atoms with van der Waals surface area (Å²) in [6, 6.07) is 2.14. The molecule has 1 aliphatic rings. The van der Waals surface area contributed by atoms with Crippen LogP contribution in [0, 0.1) is 16.7 Å². The van der Waals surface area contributed by atoms with E-state index in [-0.39, 0.29) is 35.9 Å². The van der Waals surface area contributed by atoms with Crippen LogP contribution in [0.2, 0.25) is 0 Å². The molecule has 1 fully saturated rings. The first-order valence-corrected chi connectivity index (χ1v) is 10.3. The second kappa shape index (κ2) is 9.56. The third-order valence-electron chi connectivity index (χ3n) is 5.36. The number of hydrogen-bond acceptors (Lipinski definition) is 9. The first-order chi connectivity index (χ1) is 15.1. The average molecular weight is 447 g/mol. The fraction of sp³-hybridized carbons (Fsp3) is 0.571. The fourth-order valence-electron chi connectivity index (χ4n) is 3.57. The molecule has 0 saturated heterocycles. The number of halogens is 2. The highest BCUT2D eigenvalue weighted by Gasteiger charge is 2.36. The standard InChI is InChI=1S/C21H27F2N7O2/c1-20(2)6-15(4-5-16(20)31)29-17-13(7-24)9-26-19(30-17)27-10-14-8-25-12-28-18(14)32-11-21(3,22)23/h8-9,12,15-16,31H,4-6,10-11H2,1-3H3,(H2,26,27,29,30)/t15-,16?/m1/s1.